The molecule has 2 aromatic carbocycles. The number of hydrogen-bond acceptors (Lipinski definition) is 4. The summed E-state index contributed by atoms with van der Waals surface area (Å²) >= 11 is 0. The zero-order valence-corrected chi connectivity index (χ0v) is 12.3. The minimum Gasteiger partial charge on any atom is -0.505 e. The largest absolute Gasteiger partial charge is 0.505 e. The van der Waals surface area contributed by atoms with Gasteiger partial charge < -0.3 is 10.4 Å². The lowest BCUT2D eigenvalue weighted by Gasteiger charge is -2.12. The molecule has 0 bridgehead atoms. The molecule has 0 radical (unpaired) electrons. The first-order valence-electron chi connectivity index (χ1n) is 6.47. The third kappa shape index (κ3) is 3.52. The maximum atomic E-state index is 13.3. The van der Waals surface area contributed by atoms with Crippen LogP contribution in [0.5, 0.6) is 5.75 Å². The third-order valence-corrected chi connectivity index (χ3v) is 4.88. The van der Waals surface area contributed by atoms with Crippen molar-refractivity contribution >= 4 is 15.5 Å². The van der Waals surface area contributed by atoms with Gasteiger partial charge in [-0.1, -0.05) is 25.1 Å². The minimum absolute atomic E-state index is 0.0134. The van der Waals surface area contributed by atoms with Crippen molar-refractivity contribution in [2.75, 3.05) is 11.1 Å². The van der Waals surface area contributed by atoms with E-state index in [1.54, 1.807) is 37.3 Å². The van der Waals surface area contributed by atoms with Crippen molar-refractivity contribution in [2.24, 2.45) is 0 Å². The summed E-state index contributed by atoms with van der Waals surface area (Å²) in [5.41, 5.74) is 1.09. The highest BCUT2D eigenvalue weighted by atomic mass is 32.2. The number of benzene rings is 2. The molecule has 112 valence electrons. The molecule has 0 saturated carbocycles. The quantitative estimate of drug-likeness (QED) is 0.891. The number of para-hydroxylation sites is 1. The van der Waals surface area contributed by atoms with Gasteiger partial charge in [-0.15, -0.1) is 0 Å². The van der Waals surface area contributed by atoms with E-state index in [1.165, 1.54) is 12.1 Å². The number of anilines is 1. The first-order valence-corrected chi connectivity index (χ1v) is 8.12. The van der Waals surface area contributed by atoms with Crippen LogP contribution in [0, 0.1) is 5.82 Å². The van der Waals surface area contributed by atoms with E-state index in [-0.39, 0.29) is 17.2 Å². The Morgan fingerprint density at radius 3 is 2.57 bits per heavy atom. The molecule has 2 N–H and O–H groups in total. The lowest BCUT2D eigenvalue weighted by molar-refractivity contribution is 0.432. The molecule has 0 heterocycles. The summed E-state index contributed by atoms with van der Waals surface area (Å²) in [4.78, 5) is 0.228. The van der Waals surface area contributed by atoms with Gasteiger partial charge in [0.2, 0.25) is 0 Å². The number of aromatic hydroxyl groups is 1. The Morgan fingerprint density at radius 1 is 1.19 bits per heavy atom. The standard InChI is InChI=1S/C15H16FNO3S/c1-2-21(19,20)15-6-4-3-5-13(15)17-10-11-7-8-14(18)12(16)9-11/h3-9,17-18H,2,10H2,1H3. The van der Waals surface area contributed by atoms with Crippen LogP contribution in [0.2, 0.25) is 0 Å². The van der Waals surface area contributed by atoms with E-state index in [1.807, 2.05) is 0 Å². The molecule has 2 rings (SSSR count). The molecule has 0 aromatic heterocycles. The van der Waals surface area contributed by atoms with E-state index in [2.05, 4.69) is 5.32 Å². The average Bonchev–Trinajstić information content (AvgIpc) is 2.49. The molecule has 0 saturated heterocycles. The second-order valence-corrected chi connectivity index (χ2v) is 6.79. The molecule has 0 fully saturated rings. The smallest absolute Gasteiger partial charge is 0.180 e. The second kappa shape index (κ2) is 6.13. The van der Waals surface area contributed by atoms with Gasteiger partial charge in [0.25, 0.3) is 0 Å². The highest BCUT2D eigenvalue weighted by molar-refractivity contribution is 7.91. The lowest BCUT2D eigenvalue weighted by Crippen LogP contribution is -2.09. The molecule has 0 aliphatic heterocycles. The van der Waals surface area contributed by atoms with E-state index >= 15 is 0 Å². The van der Waals surface area contributed by atoms with Crippen LogP contribution in [-0.2, 0) is 16.4 Å². The zero-order chi connectivity index (χ0) is 15.5. The fourth-order valence-electron chi connectivity index (χ4n) is 1.90. The van der Waals surface area contributed by atoms with Gasteiger partial charge in [-0.25, -0.2) is 12.8 Å². The molecule has 6 heteroatoms. The molecule has 2 aromatic rings. The number of phenols is 1. The topological polar surface area (TPSA) is 66.4 Å². The van der Waals surface area contributed by atoms with Crippen molar-refractivity contribution in [1.29, 1.82) is 0 Å². The fraction of sp³-hybridized carbons (Fsp3) is 0.200. The molecule has 0 atom stereocenters. The SMILES string of the molecule is CCS(=O)(=O)c1ccccc1NCc1ccc(O)c(F)c1. The molecule has 0 aliphatic rings. The molecule has 0 spiro atoms. The van der Waals surface area contributed by atoms with E-state index in [9.17, 15) is 12.8 Å². The van der Waals surface area contributed by atoms with Crippen molar-refractivity contribution in [3.8, 4) is 5.75 Å². The molecular formula is C15H16FNO3S. The monoisotopic (exact) mass is 309 g/mol. The first kappa shape index (κ1) is 15.3. The Bertz CT molecular complexity index is 744. The molecular weight excluding hydrogens is 293 g/mol. The van der Waals surface area contributed by atoms with Gasteiger partial charge in [0.05, 0.1) is 16.3 Å². The van der Waals surface area contributed by atoms with Crippen LogP contribution >= 0.6 is 0 Å². The van der Waals surface area contributed by atoms with Crippen molar-refractivity contribution < 1.29 is 17.9 Å². The van der Waals surface area contributed by atoms with Crippen LogP contribution in [0.3, 0.4) is 0 Å². The maximum Gasteiger partial charge on any atom is 0.180 e. The number of halogens is 1. The number of phenolic OH excluding ortho intramolecular Hbond substituents is 1. The molecule has 0 amide bonds. The Balaban J connectivity index is 2.23. The number of hydrogen-bond donors (Lipinski definition) is 2. The number of nitrogens with one attached hydrogen (secondary N) is 1. The van der Waals surface area contributed by atoms with Gasteiger partial charge in [0.1, 0.15) is 0 Å². The Labute approximate surface area is 123 Å². The first-order chi connectivity index (χ1) is 9.94. The van der Waals surface area contributed by atoms with Crippen LogP contribution in [0.1, 0.15) is 12.5 Å². The summed E-state index contributed by atoms with van der Waals surface area (Å²) in [5.74, 6) is -1.10. The minimum atomic E-state index is -3.32. The molecule has 0 unspecified atom stereocenters. The fourth-order valence-corrected chi connectivity index (χ4v) is 2.97. The van der Waals surface area contributed by atoms with E-state index in [0.29, 0.717) is 11.3 Å². The Hall–Kier alpha value is -2.08. The van der Waals surface area contributed by atoms with Crippen molar-refractivity contribution in [3.05, 3.63) is 53.8 Å². The molecule has 4 nitrogen and oxygen atoms in total. The van der Waals surface area contributed by atoms with Crippen molar-refractivity contribution in [1.82, 2.24) is 0 Å². The number of rotatable bonds is 5. The van der Waals surface area contributed by atoms with Gasteiger partial charge in [-0.2, -0.15) is 0 Å². The predicted molar refractivity (Wildman–Crippen MR) is 79.6 cm³/mol. The molecule has 21 heavy (non-hydrogen) atoms. The average molecular weight is 309 g/mol. The van der Waals surface area contributed by atoms with Crippen molar-refractivity contribution in [3.63, 3.8) is 0 Å². The van der Waals surface area contributed by atoms with Gasteiger partial charge >= 0.3 is 0 Å². The molecule has 0 aliphatic carbocycles. The van der Waals surface area contributed by atoms with Crippen molar-refractivity contribution in [2.45, 2.75) is 18.4 Å². The summed E-state index contributed by atoms with van der Waals surface area (Å²) < 4.78 is 37.3. The summed E-state index contributed by atoms with van der Waals surface area (Å²) in [7, 11) is -3.32. The summed E-state index contributed by atoms with van der Waals surface area (Å²) in [5, 5.41) is 12.1. The van der Waals surface area contributed by atoms with E-state index in [0.717, 1.165) is 0 Å². The van der Waals surface area contributed by atoms with E-state index < -0.39 is 21.4 Å². The normalized spacial score (nSPS) is 11.3. The van der Waals surface area contributed by atoms with Crippen LogP contribution in [0.25, 0.3) is 0 Å². The summed E-state index contributed by atoms with van der Waals surface area (Å²) in [6.07, 6.45) is 0. The van der Waals surface area contributed by atoms with Gasteiger partial charge in [0, 0.05) is 6.54 Å². The summed E-state index contributed by atoms with van der Waals surface area (Å²) in [6.45, 7) is 1.84. The second-order valence-electron chi connectivity index (χ2n) is 4.54. The lowest BCUT2D eigenvalue weighted by atomic mass is 10.2. The van der Waals surface area contributed by atoms with Gasteiger partial charge in [0.15, 0.2) is 21.4 Å². The predicted octanol–water partition coefficient (Wildman–Crippen LogP) is 2.94. The Kier molecular flexibility index (Phi) is 4.47. The maximum absolute atomic E-state index is 13.3. The van der Waals surface area contributed by atoms with Crippen LogP contribution < -0.4 is 5.32 Å². The number of sulfone groups is 1. The summed E-state index contributed by atoms with van der Waals surface area (Å²) in [6, 6.07) is 10.6. The van der Waals surface area contributed by atoms with Gasteiger partial charge in [-0.3, -0.25) is 0 Å². The zero-order valence-electron chi connectivity index (χ0n) is 11.5. The highest BCUT2D eigenvalue weighted by Gasteiger charge is 2.15. The van der Waals surface area contributed by atoms with E-state index in [4.69, 9.17) is 5.11 Å². The Morgan fingerprint density at radius 2 is 1.90 bits per heavy atom. The van der Waals surface area contributed by atoms with Crippen LogP contribution in [0.4, 0.5) is 10.1 Å². The highest BCUT2D eigenvalue weighted by Crippen LogP contribution is 2.23. The van der Waals surface area contributed by atoms with Crippen LogP contribution in [0.15, 0.2) is 47.4 Å². The third-order valence-electron chi connectivity index (χ3n) is 3.10. The van der Waals surface area contributed by atoms with Gasteiger partial charge in [-0.05, 0) is 29.8 Å². The van der Waals surface area contributed by atoms with Crippen LogP contribution in [-0.4, -0.2) is 19.3 Å².